The van der Waals surface area contributed by atoms with Crippen LogP contribution in [-0.2, 0) is 6.54 Å². The molecule has 0 bridgehead atoms. The highest BCUT2D eigenvalue weighted by Crippen LogP contribution is 2.19. The summed E-state index contributed by atoms with van der Waals surface area (Å²) in [7, 11) is 1.73. The normalized spacial score (nSPS) is 17.4. The lowest BCUT2D eigenvalue weighted by Gasteiger charge is -2.32. The molecule has 1 heterocycles. The Bertz CT molecular complexity index is 411. The molecule has 1 saturated heterocycles. The van der Waals surface area contributed by atoms with Crippen molar-refractivity contribution in [1.82, 2.24) is 10.2 Å². The maximum absolute atomic E-state index is 5.30. The maximum atomic E-state index is 5.30. The number of benzene rings is 1. The summed E-state index contributed by atoms with van der Waals surface area (Å²) in [6, 6.07) is 7.12. The third-order valence-corrected chi connectivity index (χ3v) is 4.18. The second-order valence-electron chi connectivity index (χ2n) is 5.80. The second-order valence-corrected chi connectivity index (χ2v) is 5.80. The fraction of sp³-hybridized carbons (Fsp3) is 0.647. The topological polar surface area (TPSA) is 24.5 Å². The highest BCUT2D eigenvalue weighted by Gasteiger charge is 2.17. The molecule has 2 rings (SSSR count). The minimum Gasteiger partial charge on any atom is -0.496 e. The fourth-order valence-electron chi connectivity index (χ4n) is 2.99. The zero-order valence-corrected chi connectivity index (χ0v) is 13.1. The molecule has 0 unspecified atom stereocenters. The van der Waals surface area contributed by atoms with Crippen LogP contribution in [0.25, 0.3) is 0 Å². The Hall–Kier alpha value is -1.06. The molecule has 0 spiro atoms. The van der Waals surface area contributed by atoms with E-state index < -0.39 is 0 Å². The minimum atomic E-state index is 0.672. The monoisotopic (exact) mass is 276 g/mol. The third kappa shape index (κ3) is 4.22. The van der Waals surface area contributed by atoms with Crippen LogP contribution in [0, 0.1) is 6.92 Å². The number of ether oxygens (including phenoxy) is 1. The lowest BCUT2D eigenvalue weighted by Crippen LogP contribution is -2.42. The quantitative estimate of drug-likeness (QED) is 0.864. The molecule has 1 aliphatic heterocycles. The van der Waals surface area contributed by atoms with Gasteiger partial charge in [-0.05, 0) is 63.0 Å². The molecule has 0 atom stereocenters. The van der Waals surface area contributed by atoms with Crippen LogP contribution in [0.5, 0.6) is 5.75 Å². The Morgan fingerprint density at radius 1 is 1.30 bits per heavy atom. The van der Waals surface area contributed by atoms with Crippen molar-refractivity contribution in [3.05, 3.63) is 29.3 Å². The van der Waals surface area contributed by atoms with E-state index in [1.54, 1.807) is 7.11 Å². The van der Waals surface area contributed by atoms with E-state index in [4.69, 9.17) is 4.74 Å². The van der Waals surface area contributed by atoms with Gasteiger partial charge in [-0.25, -0.2) is 0 Å². The number of hydrogen-bond acceptors (Lipinski definition) is 3. The second kappa shape index (κ2) is 7.65. The first-order chi connectivity index (χ1) is 9.72. The Morgan fingerprint density at radius 3 is 2.65 bits per heavy atom. The molecule has 1 N–H and O–H groups in total. The molecule has 1 aromatic rings. The van der Waals surface area contributed by atoms with Gasteiger partial charge in [-0.1, -0.05) is 19.1 Å². The van der Waals surface area contributed by atoms with E-state index in [1.165, 1.54) is 50.0 Å². The van der Waals surface area contributed by atoms with Crippen LogP contribution in [0.1, 0.15) is 37.3 Å². The number of piperidine rings is 1. The van der Waals surface area contributed by atoms with E-state index in [-0.39, 0.29) is 0 Å². The van der Waals surface area contributed by atoms with Gasteiger partial charge < -0.3 is 15.0 Å². The summed E-state index contributed by atoms with van der Waals surface area (Å²) in [4.78, 5) is 2.58. The van der Waals surface area contributed by atoms with Crippen LogP contribution in [0.4, 0.5) is 0 Å². The average molecular weight is 276 g/mol. The zero-order valence-electron chi connectivity index (χ0n) is 13.1. The van der Waals surface area contributed by atoms with Gasteiger partial charge in [-0.2, -0.15) is 0 Å². The molecule has 0 radical (unpaired) electrons. The van der Waals surface area contributed by atoms with E-state index in [0.29, 0.717) is 6.04 Å². The average Bonchev–Trinajstić information content (AvgIpc) is 2.47. The number of nitrogens with zero attached hydrogens (tertiary/aromatic N) is 1. The number of nitrogens with one attached hydrogen (secondary N) is 1. The first-order valence-electron chi connectivity index (χ1n) is 7.82. The molecule has 3 heteroatoms. The fourth-order valence-corrected chi connectivity index (χ4v) is 2.99. The molecule has 0 aliphatic carbocycles. The highest BCUT2D eigenvalue weighted by molar-refractivity contribution is 5.36. The molecular formula is C17H28N2O. The summed E-state index contributed by atoms with van der Waals surface area (Å²) in [5.41, 5.74) is 2.56. The Balaban J connectivity index is 1.77. The van der Waals surface area contributed by atoms with Crippen molar-refractivity contribution >= 4 is 0 Å². The number of aryl methyl sites for hydroxylation is 1. The van der Waals surface area contributed by atoms with Crippen LogP contribution in [0.2, 0.25) is 0 Å². The molecule has 20 heavy (non-hydrogen) atoms. The van der Waals surface area contributed by atoms with Crippen LogP contribution < -0.4 is 10.1 Å². The van der Waals surface area contributed by atoms with Crippen molar-refractivity contribution in [3.8, 4) is 5.75 Å². The van der Waals surface area contributed by atoms with Gasteiger partial charge in [-0.15, -0.1) is 0 Å². The van der Waals surface area contributed by atoms with Crippen molar-refractivity contribution in [2.45, 2.75) is 45.7 Å². The van der Waals surface area contributed by atoms with Gasteiger partial charge in [0, 0.05) is 12.6 Å². The standard InChI is InChI=1S/C17H28N2O/c1-4-9-19-10-7-16(8-11-19)18-13-15-5-6-17(20-3)14(2)12-15/h5-6,12,16,18H,4,7-11,13H2,1-3H3. The summed E-state index contributed by atoms with van der Waals surface area (Å²) < 4.78 is 5.30. The van der Waals surface area contributed by atoms with E-state index in [9.17, 15) is 0 Å². The van der Waals surface area contributed by atoms with E-state index in [0.717, 1.165) is 12.3 Å². The van der Waals surface area contributed by atoms with E-state index in [1.807, 2.05) is 0 Å². The van der Waals surface area contributed by atoms with Gasteiger partial charge in [0.1, 0.15) is 5.75 Å². The van der Waals surface area contributed by atoms with Crippen molar-refractivity contribution < 1.29 is 4.74 Å². The van der Waals surface area contributed by atoms with Gasteiger partial charge in [0.25, 0.3) is 0 Å². The Labute approximate surface area is 123 Å². The minimum absolute atomic E-state index is 0.672. The van der Waals surface area contributed by atoms with Gasteiger partial charge in [0.15, 0.2) is 0 Å². The van der Waals surface area contributed by atoms with Crippen molar-refractivity contribution in [1.29, 1.82) is 0 Å². The molecule has 3 nitrogen and oxygen atoms in total. The lowest BCUT2D eigenvalue weighted by molar-refractivity contribution is 0.197. The van der Waals surface area contributed by atoms with Gasteiger partial charge in [-0.3, -0.25) is 0 Å². The Morgan fingerprint density at radius 2 is 2.05 bits per heavy atom. The maximum Gasteiger partial charge on any atom is 0.121 e. The molecule has 0 amide bonds. The molecule has 1 fully saturated rings. The van der Waals surface area contributed by atoms with E-state index >= 15 is 0 Å². The lowest BCUT2D eigenvalue weighted by atomic mass is 10.0. The molecule has 0 saturated carbocycles. The summed E-state index contributed by atoms with van der Waals surface area (Å²) in [6.45, 7) is 9.07. The number of rotatable bonds is 6. The molecule has 112 valence electrons. The summed E-state index contributed by atoms with van der Waals surface area (Å²) in [6.07, 6.45) is 3.81. The molecule has 1 aromatic carbocycles. The van der Waals surface area contributed by atoms with Crippen LogP contribution in [-0.4, -0.2) is 37.7 Å². The van der Waals surface area contributed by atoms with Crippen molar-refractivity contribution in [2.75, 3.05) is 26.7 Å². The highest BCUT2D eigenvalue weighted by atomic mass is 16.5. The SMILES string of the molecule is CCCN1CCC(NCc2ccc(OC)c(C)c2)CC1. The molecule has 1 aliphatic rings. The first-order valence-corrected chi connectivity index (χ1v) is 7.82. The van der Waals surface area contributed by atoms with Gasteiger partial charge in [0.2, 0.25) is 0 Å². The smallest absolute Gasteiger partial charge is 0.121 e. The number of likely N-dealkylation sites (tertiary alicyclic amines) is 1. The largest absolute Gasteiger partial charge is 0.496 e. The van der Waals surface area contributed by atoms with E-state index in [2.05, 4.69) is 42.3 Å². The number of methoxy groups -OCH3 is 1. The van der Waals surface area contributed by atoms with Gasteiger partial charge in [0.05, 0.1) is 7.11 Å². The number of hydrogen-bond donors (Lipinski definition) is 1. The predicted octanol–water partition coefficient (Wildman–Crippen LogP) is 2.97. The van der Waals surface area contributed by atoms with Crippen molar-refractivity contribution in [2.24, 2.45) is 0 Å². The summed E-state index contributed by atoms with van der Waals surface area (Å²) in [5, 5.41) is 3.70. The molecular weight excluding hydrogens is 248 g/mol. The van der Waals surface area contributed by atoms with Crippen LogP contribution >= 0.6 is 0 Å². The van der Waals surface area contributed by atoms with Crippen molar-refractivity contribution in [3.63, 3.8) is 0 Å². The Kier molecular flexibility index (Phi) is 5.86. The van der Waals surface area contributed by atoms with Crippen LogP contribution in [0.15, 0.2) is 18.2 Å². The van der Waals surface area contributed by atoms with Gasteiger partial charge >= 0.3 is 0 Å². The van der Waals surface area contributed by atoms with Crippen LogP contribution in [0.3, 0.4) is 0 Å². The first kappa shape index (κ1) is 15.3. The zero-order chi connectivity index (χ0) is 14.4. The summed E-state index contributed by atoms with van der Waals surface area (Å²) >= 11 is 0. The third-order valence-electron chi connectivity index (χ3n) is 4.18. The predicted molar refractivity (Wildman–Crippen MR) is 84.3 cm³/mol. The summed E-state index contributed by atoms with van der Waals surface area (Å²) in [5.74, 6) is 0.974. The molecule has 0 aromatic heterocycles.